The number of carbonyl (C=O) groups excluding carboxylic acids is 3. The number of amides is 2. The lowest BCUT2D eigenvalue weighted by Gasteiger charge is -2.18. The van der Waals surface area contributed by atoms with Crippen LogP contribution in [0.1, 0.15) is 181 Å². The largest absolute Gasteiger partial charge is 0.480 e. The predicted octanol–water partition coefficient (Wildman–Crippen LogP) is 10.5. The zero-order chi connectivity index (χ0) is 40.5. The van der Waals surface area contributed by atoms with Gasteiger partial charge in [-0.05, 0) is 83.5 Å². The standard InChI is InChI=1S/C46H78N2O7/c1-3-5-7-9-11-12-13-14-15-16-17-18-19-20-21-22-23-24-25-30-34-38-45(52)55-41(35-31-27-10-8-6-4-2)36-32-28-26-29-33-37-43(50)47-39-44(51)48-42(40-49)46(53)54/h5,7,11-12,14-15,17-18,20-21,41-42,49H,3-4,6,8-10,13,16,19,22-40H2,1-2H3,(H,47,50)(H,48,51)(H,53,54)/b7-5-,12-11-,15-14-,18-17-,21-20-. The van der Waals surface area contributed by atoms with Crippen molar-refractivity contribution in [2.45, 2.75) is 193 Å². The molecule has 2 amide bonds. The molecule has 0 radical (unpaired) electrons. The number of hydrogen-bond donors (Lipinski definition) is 4. The number of carbonyl (C=O) groups is 4. The lowest BCUT2D eigenvalue weighted by atomic mass is 10.0. The Balaban J connectivity index is 4.13. The van der Waals surface area contributed by atoms with Crippen LogP contribution in [0, 0.1) is 0 Å². The highest BCUT2D eigenvalue weighted by atomic mass is 16.5. The summed E-state index contributed by atoms with van der Waals surface area (Å²) >= 11 is 0. The molecule has 2 unspecified atom stereocenters. The molecule has 4 N–H and O–H groups in total. The van der Waals surface area contributed by atoms with E-state index in [4.69, 9.17) is 14.9 Å². The number of unbranched alkanes of at least 4 members (excludes halogenated alkanes) is 14. The number of ether oxygens (including phenoxy) is 1. The van der Waals surface area contributed by atoms with Gasteiger partial charge in [-0.1, -0.05) is 145 Å². The van der Waals surface area contributed by atoms with E-state index in [2.05, 4.69) is 85.2 Å². The number of allylic oxidation sites excluding steroid dienone is 10. The van der Waals surface area contributed by atoms with Crippen molar-refractivity contribution in [2.75, 3.05) is 13.2 Å². The maximum Gasteiger partial charge on any atom is 0.328 e. The molecule has 55 heavy (non-hydrogen) atoms. The number of nitrogens with one attached hydrogen (secondary N) is 2. The summed E-state index contributed by atoms with van der Waals surface area (Å²) in [5.74, 6) is -2.32. The second-order valence-corrected chi connectivity index (χ2v) is 14.4. The number of aliphatic hydroxyl groups excluding tert-OH is 1. The molecule has 0 spiro atoms. The number of hydrogen-bond acceptors (Lipinski definition) is 6. The van der Waals surface area contributed by atoms with Crippen molar-refractivity contribution in [2.24, 2.45) is 0 Å². The van der Waals surface area contributed by atoms with Crippen LogP contribution in [0.15, 0.2) is 60.8 Å². The van der Waals surface area contributed by atoms with Gasteiger partial charge in [-0.3, -0.25) is 14.4 Å². The number of carboxylic acids is 1. The minimum Gasteiger partial charge on any atom is -0.480 e. The Hall–Kier alpha value is -3.46. The first-order valence-corrected chi connectivity index (χ1v) is 21.7. The van der Waals surface area contributed by atoms with E-state index >= 15 is 0 Å². The molecule has 9 nitrogen and oxygen atoms in total. The van der Waals surface area contributed by atoms with Crippen LogP contribution >= 0.6 is 0 Å². The molecule has 314 valence electrons. The fourth-order valence-electron chi connectivity index (χ4n) is 5.98. The topological polar surface area (TPSA) is 142 Å². The lowest BCUT2D eigenvalue weighted by Crippen LogP contribution is -2.47. The number of aliphatic carboxylic acids is 1. The summed E-state index contributed by atoms with van der Waals surface area (Å²) in [6.45, 7) is 3.33. The van der Waals surface area contributed by atoms with Crippen LogP contribution < -0.4 is 10.6 Å². The summed E-state index contributed by atoms with van der Waals surface area (Å²) in [5, 5.41) is 22.5. The maximum absolute atomic E-state index is 12.7. The summed E-state index contributed by atoms with van der Waals surface area (Å²) in [6, 6.07) is -1.38. The van der Waals surface area contributed by atoms with Crippen molar-refractivity contribution in [1.29, 1.82) is 0 Å². The van der Waals surface area contributed by atoms with Crippen molar-refractivity contribution in [3.05, 3.63) is 60.8 Å². The molecular weight excluding hydrogens is 693 g/mol. The van der Waals surface area contributed by atoms with E-state index in [1.54, 1.807) is 0 Å². The Bertz CT molecular complexity index is 1110. The minimum atomic E-state index is -1.38. The Morgan fingerprint density at radius 3 is 1.56 bits per heavy atom. The molecule has 0 aromatic heterocycles. The Morgan fingerprint density at radius 2 is 1.04 bits per heavy atom. The van der Waals surface area contributed by atoms with Gasteiger partial charge in [-0.25, -0.2) is 4.79 Å². The predicted molar refractivity (Wildman–Crippen MR) is 227 cm³/mol. The van der Waals surface area contributed by atoms with Gasteiger partial charge in [-0.2, -0.15) is 0 Å². The smallest absolute Gasteiger partial charge is 0.328 e. The Morgan fingerprint density at radius 1 is 0.564 bits per heavy atom. The SMILES string of the molecule is CC/C=C\C/C=C\C/C=C\C/C=C\C/C=C\CCCCCCCC(=O)OC(CCCCCCCC)CCCCCCCC(=O)NCC(=O)NC(CO)C(=O)O. The van der Waals surface area contributed by atoms with Crippen LogP contribution in [0.5, 0.6) is 0 Å². The van der Waals surface area contributed by atoms with Gasteiger partial charge in [0.2, 0.25) is 11.8 Å². The molecule has 0 aliphatic rings. The minimum absolute atomic E-state index is 0.0226. The third kappa shape index (κ3) is 37.2. The Kier molecular flexibility index (Phi) is 37.7. The van der Waals surface area contributed by atoms with Crippen molar-refractivity contribution >= 4 is 23.8 Å². The molecule has 0 saturated heterocycles. The molecule has 2 atom stereocenters. The second kappa shape index (κ2) is 40.2. The van der Waals surface area contributed by atoms with Gasteiger partial charge in [0.1, 0.15) is 12.1 Å². The summed E-state index contributed by atoms with van der Waals surface area (Å²) in [6.07, 6.45) is 48.3. The first-order valence-electron chi connectivity index (χ1n) is 21.7. The van der Waals surface area contributed by atoms with Gasteiger partial charge < -0.3 is 25.6 Å². The highest BCUT2D eigenvalue weighted by Gasteiger charge is 2.19. The van der Waals surface area contributed by atoms with E-state index < -0.39 is 24.5 Å². The highest BCUT2D eigenvalue weighted by Crippen LogP contribution is 2.18. The van der Waals surface area contributed by atoms with Gasteiger partial charge in [0.15, 0.2) is 0 Å². The van der Waals surface area contributed by atoms with Gasteiger partial charge in [-0.15, -0.1) is 0 Å². The van der Waals surface area contributed by atoms with E-state index in [0.717, 1.165) is 103 Å². The molecule has 0 aromatic carbocycles. The van der Waals surface area contributed by atoms with Crippen molar-refractivity contribution in [3.63, 3.8) is 0 Å². The van der Waals surface area contributed by atoms with Gasteiger partial charge in [0, 0.05) is 12.8 Å². The average Bonchev–Trinajstić information content (AvgIpc) is 3.17. The highest BCUT2D eigenvalue weighted by molar-refractivity contribution is 5.87. The molecule has 0 aliphatic heterocycles. The molecule has 0 aromatic rings. The van der Waals surface area contributed by atoms with Crippen LogP contribution in [0.3, 0.4) is 0 Å². The first kappa shape index (κ1) is 51.5. The summed E-state index contributed by atoms with van der Waals surface area (Å²) in [7, 11) is 0. The second-order valence-electron chi connectivity index (χ2n) is 14.4. The van der Waals surface area contributed by atoms with E-state index in [0.29, 0.717) is 12.8 Å². The number of rotatable bonds is 38. The summed E-state index contributed by atoms with van der Waals surface area (Å²) in [5.41, 5.74) is 0. The maximum atomic E-state index is 12.7. The van der Waals surface area contributed by atoms with Crippen LogP contribution in [-0.2, 0) is 23.9 Å². The zero-order valence-electron chi connectivity index (χ0n) is 34.7. The molecule has 0 bridgehead atoms. The lowest BCUT2D eigenvalue weighted by molar-refractivity contribution is -0.150. The van der Waals surface area contributed by atoms with E-state index in [1.807, 2.05) is 0 Å². The average molecular weight is 771 g/mol. The van der Waals surface area contributed by atoms with E-state index in [-0.39, 0.29) is 30.9 Å². The van der Waals surface area contributed by atoms with Crippen LogP contribution in [0.25, 0.3) is 0 Å². The van der Waals surface area contributed by atoms with E-state index in [1.165, 1.54) is 44.9 Å². The van der Waals surface area contributed by atoms with Gasteiger partial charge >= 0.3 is 11.9 Å². The third-order valence-electron chi connectivity index (χ3n) is 9.28. The van der Waals surface area contributed by atoms with Crippen LogP contribution in [0.4, 0.5) is 0 Å². The quantitative estimate of drug-likeness (QED) is 0.0278. The van der Waals surface area contributed by atoms with Crippen molar-refractivity contribution in [1.82, 2.24) is 10.6 Å². The number of esters is 1. The van der Waals surface area contributed by atoms with E-state index in [9.17, 15) is 19.2 Å². The number of carboxylic acid groups (broad SMARTS) is 1. The molecule has 0 fully saturated rings. The monoisotopic (exact) mass is 771 g/mol. The fraction of sp³-hybridized carbons (Fsp3) is 0.696. The Labute approximate surface area is 334 Å². The van der Waals surface area contributed by atoms with Crippen molar-refractivity contribution < 1.29 is 34.1 Å². The van der Waals surface area contributed by atoms with Crippen LogP contribution in [-0.4, -0.2) is 59.3 Å². The van der Waals surface area contributed by atoms with Crippen molar-refractivity contribution in [3.8, 4) is 0 Å². The van der Waals surface area contributed by atoms with Gasteiger partial charge in [0.05, 0.1) is 13.2 Å². The molecule has 0 saturated carbocycles. The first-order chi connectivity index (χ1) is 26.8. The molecule has 0 heterocycles. The summed E-state index contributed by atoms with van der Waals surface area (Å²) in [4.78, 5) is 47.4. The molecular formula is C46H78N2O7. The third-order valence-corrected chi connectivity index (χ3v) is 9.28. The molecule has 0 rings (SSSR count). The summed E-state index contributed by atoms with van der Waals surface area (Å²) < 4.78 is 5.98. The molecule has 9 heteroatoms. The number of aliphatic hydroxyl groups is 1. The molecule has 0 aliphatic carbocycles. The normalized spacial score (nSPS) is 13.1. The fourth-order valence-corrected chi connectivity index (χ4v) is 5.98. The van der Waals surface area contributed by atoms with Crippen LogP contribution in [0.2, 0.25) is 0 Å². The zero-order valence-corrected chi connectivity index (χ0v) is 34.7. The van der Waals surface area contributed by atoms with Gasteiger partial charge in [0.25, 0.3) is 0 Å².